The number of carbonyl (C=O) groups is 1. The summed E-state index contributed by atoms with van der Waals surface area (Å²) in [4.78, 5) is 17.6. The van der Waals surface area contributed by atoms with E-state index >= 15 is 0 Å². The average molecular weight is 403 g/mol. The normalized spacial score (nSPS) is 23.8. The highest BCUT2D eigenvalue weighted by atomic mass is 32.1. The van der Waals surface area contributed by atoms with Crippen LogP contribution in [0.25, 0.3) is 10.1 Å². The summed E-state index contributed by atoms with van der Waals surface area (Å²) in [6.07, 6.45) is 4.79. The van der Waals surface area contributed by atoms with Gasteiger partial charge in [0.15, 0.2) is 0 Å². The van der Waals surface area contributed by atoms with Crippen molar-refractivity contribution >= 4 is 33.5 Å². The standard InChI is InChI=1S/C21H30N4O2S/c1-23(21(26)27)17-8-6-16(7-9-17)10-11-24-12-14-25(15-13-24)20-18-4-2-3-5-19(18)28-22-20/h2-5,16-17H,6-15H2,1H3,(H,26,27)/t16-,17+. The smallest absolute Gasteiger partial charge is 0.407 e. The number of piperazine rings is 1. The van der Waals surface area contributed by atoms with E-state index in [4.69, 9.17) is 9.48 Å². The lowest BCUT2D eigenvalue weighted by atomic mass is 9.83. The Kier molecular flexibility index (Phi) is 6.01. The van der Waals surface area contributed by atoms with Crippen LogP contribution < -0.4 is 4.90 Å². The lowest BCUT2D eigenvalue weighted by molar-refractivity contribution is 0.115. The van der Waals surface area contributed by atoms with Crippen molar-refractivity contribution in [3.8, 4) is 0 Å². The van der Waals surface area contributed by atoms with Gasteiger partial charge in [-0.05, 0) is 68.2 Å². The van der Waals surface area contributed by atoms with Gasteiger partial charge in [0.05, 0.1) is 4.70 Å². The molecule has 28 heavy (non-hydrogen) atoms. The molecule has 0 radical (unpaired) electrons. The summed E-state index contributed by atoms with van der Waals surface area (Å²) in [5.74, 6) is 1.90. The summed E-state index contributed by atoms with van der Waals surface area (Å²) < 4.78 is 5.97. The number of benzene rings is 1. The molecule has 6 nitrogen and oxygen atoms in total. The number of nitrogens with zero attached hydrogens (tertiary/aromatic N) is 4. The first-order chi connectivity index (χ1) is 13.6. The minimum atomic E-state index is -0.797. The van der Waals surface area contributed by atoms with Gasteiger partial charge in [-0.15, -0.1) is 0 Å². The molecule has 2 aromatic rings. The van der Waals surface area contributed by atoms with E-state index < -0.39 is 6.09 Å². The maximum Gasteiger partial charge on any atom is 0.407 e. The van der Waals surface area contributed by atoms with E-state index in [2.05, 4.69) is 34.1 Å². The quantitative estimate of drug-likeness (QED) is 0.820. The molecule has 1 aliphatic carbocycles. The molecule has 4 rings (SSSR count). The van der Waals surface area contributed by atoms with Crippen LogP contribution >= 0.6 is 11.5 Å². The SMILES string of the molecule is CN(C(=O)O)[C@H]1CC[C@@H](CCN2CCN(c3nsc4ccccc34)CC2)CC1. The molecule has 2 aliphatic rings. The molecule has 1 aromatic heterocycles. The highest BCUT2D eigenvalue weighted by Crippen LogP contribution is 2.31. The number of anilines is 1. The van der Waals surface area contributed by atoms with Crippen LogP contribution in [0.15, 0.2) is 24.3 Å². The molecular weight excluding hydrogens is 372 g/mol. The largest absolute Gasteiger partial charge is 0.465 e. The number of hydrogen-bond acceptors (Lipinski definition) is 5. The Bertz CT molecular complexity index is 795. The van der Waals surface area contributed by atoms with E-state index in [1.54, 1.807) is 18.6 Å². The average Bonchev–Trinajstić information content (AvgIpc) is 3.16. The molecule has 0 unspecified atom stereocenters. The molecule has 152 valence electrons. The van der Waals surface area contributed by atoms with E-state index in [0.717, 1.165) is 70.1 Å². The zero-order valence-corrected chi connectivity index (χ0v) is 17.4. The number of aromatic nitrogens is 1. The van der Waals surface area contributed by atoms with Crippen molar-refractivity contribution in [3.63, 3.8) is 0 Å². The predicted molar refractivity (Wildman–Crippen MR) is 114 cm³/mol. The van der Waals surface area contributed by atoms with Crippen LogP contribution in [0, 0.1) is 5.92 Å². The van der Waals surface area contributed by atoms with Crippen molar-refractivity contribution in [3.05, 3.63) is 24.3 Å². The Balaban J connectivity index is 1.21. The third-order valence-electron chi connectivity index (χ3n) is 6.55. The number of hydrogen-bond donors (Lipinski definition) is 1. The monoisotopic (exact) mass is 402 g/mol. The van der Waals surface area contributed by atoms with E-state index in [1.807, 2.05) is 0 Å². The van der Waals surface area contributed by atoms with Crippen molar-refractivity contribution in [2.75, 3.05) is 44.7 Å². The van der Waals surface area contributed by atoms with Crippen molar-refractivity contribution in [1.82, 2.24) is 14.2 Å². The number of rotatable bonds is 5. The van der Waals surface area contributed by atoms with Crippen LogP contribution in [0.2, 0.25) is 0 Å². The van der Waals surface area contributed by atoms with Crippen LogP contribution in [0.1, 0.15) is 32.1 Å². The summed E-state index contributed by atoms with van der Waals surface area (Å²) in [6.45, 7) is 5.45. The molecule has 2 fully saturated rings. The lowest BCUT2D eigenvalue weighted by Gasteiger charge is -2.37. The Morgan fingerprint density at radius 3 is 2.61 bits per heavy atom. The minimum absolute atomic E-state index is 0.213. The zero-order valence-electron chi connectivity index (χ0n) is 16.6. The van der Waals surface area contributed by atoms with Gasteiger partial charge >= 0.3 is 6.09 Å². The fourth-order valence-electron chi connectivity index (χ4n) is 4.63. The van der Waals surface area contributed by atoms with Crippen molar-refractivity contribution < 1.29 is 9.90 Å². The molecule has 1 aliphatic heterocycles. The minimum Gasteiger partial charge on any atom is -0.465 e. The highest BCUT2D eigenvalue weighted by Gasteiger charge is 2.27. The van der Waals surface area contributed by atoms with Crippen LogP contribution in [-0.4, -0.2) is 71.2 Å². The molecule has 1 saturated carbocycles. The molecule has 1 aromatic carbocycles. The van der Waals surface area contributed by atoms with E-state index in [0.29, 0.717) is 0 Å². The van der Waals surface area contributed by atoms with Gasteiger partial charge in [0.2, 0.25) is 0 Å². The Hall–Kier alpha value is -1.86. The van der Waals surface area contributed by atoms with E-state index in [-0.39, 0.29) is 6.04 Å². The van der Waals surface area contributed by atoms with E-state index in [1.165, 1.54) is 21.4 Å². The van der Waals surface area contributed by atoms with Gasteiger partial charge in [-0.3, -0.25) is 4.90 Å². The summed E-state index contributed by atoms with van der Waals surface area (Å²) in [5.41, 5.74) is 0. The van der Waals surface area contributed by atoms with Gasteiger partial charge in [0, 0.05) is 44.7 Å². The van der Waals surface area contributed by atoms with Gasteiger partial charge in [-0.25, -0.2) is 4.79 Å². The van der Waals surface area contributed by atoms with Crippen molar-refractivity contribution in [1.29, 1.82) is 0 Å². The van der Waals surface area contributed by atoms with Crippen LogP contribution in [0.3, 0.4) is 0 Å². The summed E-state index contributed by atoms with van der Waals surface area (Å²) in [6, 6.07) is 8.72. The third-order valence-corrected chi connectivity index (χ3v) is 7.37. The Labute approximate surface area is 170 Å². The lowest BCUT2D eigenvalue weighted by Crippen LogP contribution is -2.47. The fraction of sp³-hybridized carbons (Fsp3) is 0.619. The Morgan fingerprint density at radius 2 is 1.89 bits per heavy atom. The summed E-state index contributed by atoms with van der Waals surface area (Å²) in [7, 11) is 1.71. The molecule has 0 bridgehead atoms. The first-order valence-corrected chi connectivity index (χ1v) is 11.2. The second kappa shape index (κ2) is 8.66. The van der Waals surface area contributed by atoms with Gasteiger partial charge in [-0.1, -0.05) is 12.1 Å². The van der Waals surface area contributed by atoms with Crippen molar-refractivity contribution in [2.24, 2.45) is 5.92 Å². The fourth-order valence-corrected chi connectivity index (χ4v) is 5.42. The van der Waals surface area contributed by atoms with Crippen LogP contribution in [-0.2, 0) is 0 Å². The number of fused-ring (bicyclic) bond motifs is 1. The molecule has 1 saturated heterocycles. The van der Waals surface area contributed by atoms with Gasteiger partial charge in [-0.2, -0.15) is 4.37 Å². The zero-order chi connectivity index (χ0) is 19.5. The molecule has 1 amide bonds. The van der Waals surface area contributed by atoms with Gasteiger partial charge in [0.1, 0.15) is 5.82 Å². The molecular formula is C21H30N4O2S. The number of carboxylic acid groups (broad SMARTS) is 1. The number of amides is 1. The first kappa shape index (κ1) is 19.5. The molecule has 0 spiro atoms. The van der Waals surface area contributed by atoms with Crippen LogP contribution in [0.5, 0.6) is 0 Å². The van der Waals surface area contributed by atoms with Gasteiger partial charge in [0.25, 0.3) is 0 Å². The predicted octanol–water partition coefficient (Wildman–Crippen LogP) is 3.98. The highest BCUT2D eigenvalue weighted by molar-refractivity contribution is 7.13. The van der Waals surface area contributed by atoms with E-state index in [9.17, 15) is 4.79 Å². The third kappa shape index (κ3) is 4.25. The molecule has 1 N–H and O–H groups in total. The van der Waals surface area contributed by atoms with Crippen molar-refractivity contribution in [2.45, 2.75) is 38.1 Å². The second-order valence-electron chi connectivity index (χ2n) is 8.19. The topological polar surface area (TPSA) is 59.9 Å². The second-order valence-corrected chi connectivity index (χ2v) is 8.99. The summed E-state index contributed by atoms with van der Waals surface area (Å²) in [5, 5.41) is 10.4. The Morgan fingerprint density at radius 1 is 1.18 bits per heavy atom. The maximum atomic E-state index is 11.1. The molecule has 0 atom stereocenters. The summed E-state index contributed by atoms with van der Waals surface area (Å²) >= 11 is 1.60. The van der Waals surface area contributed by atoms with Crippen LogP contribution in [0.4, 0.5) is 10.6 Å². The van der Waals surface area contributed by atoms with Gasteiger partial charge < -0.3 is 14.9 Å². The molecule has 7 heteroatoms. The maximum absolute atomic E-state index is 11.1. The molecule has 2 heterocycles. The first-order valence-electron chi connectivity index (χ1n) is 10.4.